The number of rotatable bonds is 7. The largest absolute Gasteiger partial charge is 0.494 e. The van der Waals surface area contributed by atoms with Crippen LogP contribution in [0.15, 0.2) is 18.2 Å². The van der Waals surface area contributed by atoms with Gasteiger partial charge >= 0.3 is 0 Å². The highest BCUT2D eigenvalue weighted by Crippen LogP contribution is 2.26. The minimum absolute atomic E-state index is 0.553. The number of ether oxygens (including phenoxy) is 1. The molecule has 0 bridgehead atoms. The van der Waals surface area contributed by atoms with Gasteiger partial charge in [0.2, 0.25) is 5.95 Å². The number of likely N-dealkylation sites (N-methyl/N-ethyl adjacent to an activating group) is 1. The molecule has 0 atom stereocenters. The summed E-state index contributed by atoms with van der Waals surface area (Å²) in [6, 6.07) is 5.92. The number of para-hydroxylation sites is 1. The number of anilines is 1. The number of nitrogens with zero attached hydrogens (tertiary/aromatic N) is 3. The Morgan fingerprint density at radius 3 is 2.75 bits per heavy atom. The maximum Gasteiger partial charge on any atom is 0.201 e. The molecule has 1 aromatic heterocycles. The van der Waals surface area contributed by atoms with Gasteiger partial charge in [-0.2, -0.15) is 0 Å². The Morgan fingerprint density at radius 1 is 1.30 bits per heavy atom. The van der Waals surface area contributed by atoms with E-state index in [9.17, 15) is 0 Å². The molecule has 0 aliphatic carbocycles. The first kappa shape index (κ1) is 14.7. The summed E-state index contributed by atoms with van der Waals surface area (Å²) >= 11 is 0. The van der Waals surface area contributed by atoms with Crippen LogP contribution in [-0.4, -0.2) is 41.2 Å². The lowest BCUT2D eigenvalue weighted by molar-refractivity contribution is 0.278. The Morgan fingerprint density at radius 2 is 2.10 bits per heavy atom. The molecule has 0 aliphatic heterocycles. The van der Waals surface area contributed by atoms with E-state index >= 15 is 0 Å². The SMILES string of the molecule is CCCN(CC)CCn1c(N)nc2c(OC)cccc21. The average Bonchev–Trinajstić information content (AvgIpc) is 2.79. The maximum absolute atomic E-state index is 6.06. The molecule has 1 aromatic carbocycles. The lowest BCUT2D eigenvalue weighted by Gasteiger charge is -2.20. The second-order valence-corrected chi connectivity index (χ2v) is 4.88. The quantitative estimate of drug-likeness (QED) is 0.843. The molecule has 5 heteroatoms. The van der Waals surface area contributed by atoms with Crippen molar-refractivity contribution in [3.05, 3.63) is 18.2 Å². The van der Waals surface area contributed by atoms with E-state index in [-0.39, 0.29) is 0 Å². The van der Waals surface area contributed by atoms with Crippen molar-refractivity contribution >= 4 is 17.0 Å². The van der Waals surface area contributed by atoms with E-state index in [1.807, 2.05) is 18.2 Å². The Balaban J connectivity index is 2.23. The van der Waals surface area contributed by atoms with Crippen LogP contribution in [0, 0.1) is 0 Å². The van der Waals surface area contributed by atoms with E-state index in [0.717, 1.165) is 43.0 Å². The van der Waals surface area contributed by atoms with Crippen LogP contribution >= 0.6 is 0 Å². The van der Waals surface area contributed by atoms with Crippen LogP contribution in [-0.2, 0) is 6.54 Å². The monoisotopic (exact) mass is 276 g/mol. The smallest absolute Gasteiger partial charge is 0.201 e. The zero-order valence-electron chi connectivity index (χ0n) is 12.6. The number of nitrogen functional groups attached to an aromatic ring is 1. The number of hydrogen-bond donors (Lipinski definition) is 1. The molecule has 0 amide bonds. The van der Waals surface area contributed by atoms with Crippen LogP contribution in [0.5, 0.6) is 5.75 Å². The van der Waals surface area contributed by atoms with Crippen molar-refractivity contribution in [1.29, 1.82) is 0 Å². The minimum atomic E-state index is 0.553. The molecular formula is C15H24N4O. The molecule has 0 saturated carbocycles. The lowest BCUT2D eigenvalue weighted by atomic mass is 10.3. The summed E-state index contributed by atoms with van der Waals surface area (Å²) in [7, 11) is 1.66. The van der Waals surface area contributed by atoms with E-state index < -0.39 is 0 Å². The summed E-state index contributed by atoms with van der Waals surface area (Å²) in [5.74, 6) is 1.32. The van der Waals surface area contributed by atoms with Gasteiger partial charge in [0.15, 0.2) is 0 Å². The number of benzene rings is 1. The molecule has 0 spiro atoms. The Labute approximate surface area is 120 Å². The number of fused-ring (bicyclic) bond motifs is 1. The second-order valence-electron chi connectivity index (χ2n) is 4.88. The number of aromatic nitrogens is 2. The number of hydrogen-bond acceptors (Lipinski definition) is 4. The number of imidazole rings is 1. The fourth-order valence-electron chi connectivity index (χ4n) is 2.52. The molecule has 2 N–H and O–H groups in total. The van der Waals surface area contributed by atoms with E-state index in [1.54, 1.807) is 7.11 Å². The molecule has 0 fully saturated rings. The van der Waals surface area contributed by atoms with Crippen LogP contribution in [0.4, 0.5) is 5.95 Å². The van der Waals surface area contributed by atoms with Gasteiger partial charge in [0.05, 0.1) is 12.6 Å². The van der Waals surface area contributed by atoms with E-state index in [1.165, 1.54) is 6.42 Å². The van der Waals surface area contributed by atoms with Gasteiger partial charge in [-0.15, -0.1) is 0 Å². The first-order chi connectivity index (χ1) is 9.71. The predicted molar refractivity (Wildman–Crippen MR) is 83.1 cm³/mol. The second kappa shape index (κ2) is 6.61. The first-order valence-electron chi connectivity index (χ1n) is 7.22. The summed E-state index contributed by atoms with van der Waals surface area (Å²) in [5.41, 5.74) is 7.93. The number of methoxy groups -OCH3 is 1. The fraction of sp³-hybridized carbons (Fsp3) is 0.533. The normalized spacial score (nSPS) is 11.4. The molecule has 5 nitrogen and oxygen atoms in total. The Kier molecular flexibility index (Phi) is 4.84. The molecule has 2 aromatic rings. The van der Waals surface area contributed by atoms with Crippen LogP contribution in [0.3, 0.4) is 0 Å². The van der Waals surface area contributed by atoms with Crippen LogP contribution in [0.25, 0.3) is 11.0 Å². The van der Waals surface area contributed by atoms with Gasteiger partial charge in [-0.05, 0) is 31.6 Å². The zero-order chi connectivity index (χ0) is 14.5. The number of nitrogens with two attached hydrogens (primary N) is 1. The molecule has 110 valence electrons. The molecular weight excluding hydrogens is 252 g/mol. The topological polar surface area (TPSA) is 56.3 Å². The van der Waals surface area contributed by atoms with Crippen LogP contribution in [0.2, 0.25) is 0 Å². The summed E-state index contributed by atoms with van der Waals surface area (Å²) in [6.45, 7) is 8.40. The van der Waals surface area contributed by atoms with Crippen molar-refractivity contribution in [3.63, 3.8) is 0 Å². The highest BCUT2D eigenvalue weighted by Gasteiger charge is 2.12. The molecule has 0 radical (unpaired) electrons. The summed E-state index contributed by atoms with van der Waals surface area (Å²) < 4.78 is 7.40. The van der Waals surface area contributed by atoms with E-state index in [2.05, 4.69) is 28.3 Å². The van der Waals surface area contributed by atoms with E-state index in [4.69, 9.17) is 10.5 Å². The third kappa shape index (κ3) is 2.88. The van der Waals surface area contributed by atoms with Crippen molar-refractivity contribution in [2.45, 2.75) is 26.8 Å². The summed E-state index contributed by atoms with van der Waals surface area (Å²) in [5, 5.41) is 0. The highest BCUT2D eigenvalue weighted by atomic mass is 16.5. The molecule has 20 heavy (non-hydrogen) atoms. The molecule has 2 rings (SSSR count). The van der Waals surface area contributed by atoms with Crippen molar-refractivity contribution < 1.29 is 4.74 Å². The average molecular weight is 276 g/mol. The maximum atomic E-state index is 6.06. The van der Waals surface area contributed by atoms with Crippen molar-refractivity contribution in [1.82, 2.24) is 14.5 Å². The molecule has 1 heterocycles. The molecule has 0 unspecified atom stereocenters. The zero-order valence-corrected chi connectivity index (χ0v) is 12.6. The van der Waals surface area contributed by atoms with Gasteiger partial charge < -0.3 is 19.9 Å². The third-order valence-corrected chi connectivity index (χ3v) is 3.62. The molecule has 0 aliphatic rings. The standard InChI is InChI=1S/C15H24N4O/c1-4-9-18(5-2)10-11-19-12-7-6-8-13(20-3)14(12)17-15(19)16/h6-8H,4-5,9-11H2,1-3H3,(H2,16,17). The van der Waals surface area contributed by atoms with Crippen molar-refractivity contribution in [2.75, 3.05) is 32.5 Å². The van der Waals surface area contributed by atoms with Crippen molar-refractivity contribution in [2.24, 2.45) is 0 Å². The van der Waals surface area contributed by atoms with Gasteiger partial charge in [-0.3, -0.25) is 0 Å². The highest BCUT2D eigenvalue weighted by molar-refractivity contribution is 5.84. The fourth-order valence-corrected chi connectivity index (χ4v) is 2.52. The van der Waals surface area contributed by atoms with Crippen molar-refractivity contribution in [3.8, 4) is 5.75 Å². The Bertz CT molecular complexity index is 564. The van der Waals surface area contributed by atoms with Crippen LogP contribution in [0.1, 0.15) is 20.3 Å². The summed E-state index contributed by atoms with van der Waals surface area (Å²) in [4.78, 5) is 6.85. The minimum Gasteiger partial charge on any atom is -0.494 e. The van der Waals surface area contributed by atoms with Gasteiger partial charge in [0.1, 0.15) is 11.3 Å². The van der Waals surface area contributed by atoms with Gasteiger partial charge in [-0.25, -0.2) is 4.98 Å². The van der Waals surface area contributed by atoms with Gasteiger partial charge in [0, 0.05) is 13.1 Å². The van der Waals surface area contributed by atoms with Crippen LogP contribution < -0.4 is 10.5 Å². The third-order valence-electron chi connectivity index (χ3n) is 3.62. The molecule has 0 saturated heterocycles. The first-order valence-corrected chi connectivity index (χ1v) is 7.22. The Hall–Kier alpha value is -1.75. The van der Waals surface area contributed by atoms with Gasteiger partial charge in [0.25, 0.3) is 0 Å². The summed E-state index contributed by atoms with van der Waals surface area (Å²) in [6.07, 6.45) is 1.17. The van der Waals surface area contributed by atoms with E-state index in [0.29, 0.717) is 5.95 Å². The van der Waals surface area contributed by atoms with Gasteiger partial charge in [-0.1, -0.05) is 19.9 Å². The lowest BCUT2D eigenvalue weighted by Crippen LogP contribution is -2.28. The predicted octanol–water partition coefficient (Wildman–Crippen LogP) is 2.36.